The summed E-state index contributed by atoms with van der Waals surface area (Å²) in [6.07, 6.45) is 0. The van der Waals surface area contributed by atoms with Crippen LogP contribution in [-0.4, -0.2) is 41.6 Å². The lowest BCUT2D eigenvalue weighted by Crippen LogP contribution is -2.27. The van der Waals surface area contributed by atoms with E-state index in [1.54, 1.807) is 20.2 Å². The molecule has 0 spiro atoms. The van der Waals surface area contributed by atoms with E-state index in [9.17, 15) is 4.79 Å². The van der Waals surface area contributed by atoms with Gasteiger partial charge in [0.1, 0.15) is 5.75 Å². The van der Waals surface area contributed by atoms with Crippen LogP contribution in [0.25, 0.3) is 22.8 Å². The normalized spacial score (nSPS) is 10.4. The molecule has 0 saturated carbocycles. The minimum absolute atomic E-state index is 0.0519. The van der Waals surface area contributed by atoms with Crippen LogP contribution in [-0.2, 0) is 4.79 Å². The molecule has 1 heterocycles. The molecule has 0 fully saturated rings. The minimum atomic E-state index is -0.125. The van der Waals surface area contributed by atoms with Gasteiger partial charge in [-0.15, -0.1) is 0 Å². The Hall–Kier alpha value is -3.15. The third-order valence-corrected chi connectivity index (χ3v) is 3.43. The molecule has 0 unspecified atom stereocenters. The lowest BCUT2D eigenvalue weighted by molar-refractivity contribution is -0.130. The monoisotopic (exact) mass is 323 g/mol. The topological polar surface area (TPSA) is 68.5 Å². The molecule has 0 radical (unpaired) electrons. The zero-order chi connectivity index (χ0) is 16.9. The van der Waals surface area contributed by atoms with Crippen molar-refractivity contribution in [3.63, 3.8) is 0 Å². The first-order valence-electron chi connectivity index (χ1n) is 7.46. The third-order valence-electron chi connectivity index (χ3n) is 3.43. The summed E-state index contributed by atoms with van der Waals surface area (Å²) in [5.41, 5.74) is 1.52. The van der Waals surface area contributed by atoms with Crippen molar-refractivity contribution in [2.24, 2.45) is 0 Å². The largest absolute Gasteiger partial charge is 0.483 e. The van der Waals surface area contributed by atoms with Crippen LogP contribution in [0, 0.1) is 0 Å². The lowest BCUT2D eigenvalue weighted by Gasteiger charge is -2.12. The number of amides is 1. The molecule has 0 saturated heterocycles. The van der Waals surface area contributed by atoms with E-state index >= 15 is 0 Å². The maximum absolute atomic E-state index is 11.7. The van der Waals surface area contributed by atoms with Gasteiger partial charge in [-0.3, -0.25) is 4.79 Å². The van der Waals surface area contributed by atoms with Gasteiger partial charge < -0.3 is 14.2 Å². The SMILES string of the molecule is CN(C)C(=O)COc1ccccc1-c1nc(-c2ccccc2)no1. The van der Waals surface area contributed by atoms with Gasteiger partial charge in [-0.05, 0) is 12.1 Å². The van der Waals surface area contributed by atoms with Crippen molar-refractivity contribution in [3.05, 3.63) is 54.6 Å². The molecule has 1 aromatic heterocycles. The van der Waals surface area contributed by atoms with E-state index in [1.807, 2.05) is 48.5 Å². The number of nitrogens with zero attached hydrogens (tertiary/aromatic N) is 3. The van der Waals surface area contributed by atoms with E-state index in [4.69, 9.17) is 9.26 Å². The van der Waals surface area contributed by atoms with Crippen molar-refractivity contribution >= 4 is 5.91 Å². The van der Waals surface area contributed by atoms with Gasteiger partial charge in [0, 0.05) is 19.7 Å². The van der Waals surface area contributed by atoms with Crippen LogP contribution in [0.1, 0.15) is 0 Å². The van der Waals surface area contributed by atoms with E-state index in [2.05, 4.69) is 10.1 Å². The van der Waals surface area contributed by atoms with Crippen LogP contribution in [0.15, 0.2) is 59.1 Å². The lowest BCUT2D eigenvalue weighted by atomic mass is 10.2. The molecule has 3 aromatic rings. The number of hydrogen-bond acceptors (Lipinski definition) is 5. The summed E-state index contributed by atoms with van der Waals surface area (Å²) in [4.78, 5) is 17.6. The van der Waals surface area contributed by atoms with Gasteiger partial charge in [0.2, 0.25) is 5.82 Å². The van der Waals surface area contributed by atoms with E-state index < -0.39 is 0 Å². The maximum atomic E-state index is 11.7. The zero-order valence-corrected chi connectivity index (χ0v) is 13.5. The van der Waals surface area contributed by atoms with E-state index in [0.717, 1.165) is 5.56 Å². The Morgan fingerprint density at radius 1 is 1.08 bits per heavy atom. The molecular weight excluding hydrogens is 306 g/mol. The second-order valence-electron chi connectivity index (χ2n) is 5.36. The number of carbonyl (C=O) groups is 1. The van der Waals surface area contributed by atoms with Gasteiger partial charge in [-0.2, -0.15) is 4.98 Å². The molecule has 0 N–H and O–H groups in total. The molecule has 0 aliphatic carbocycles. The molecule has 1 amide bonds. The quantitative estimate of drug-likeness (QED) is 0.722. The first-order chi connectivity index (χ1) is 11.6. The summed E-state index contributed by atoms with van der Waals surface area (Å²) in [7, 11) is 3.36. The summed E-state index contributed by atoms with van der Waals surface area (Å²) >= 11 is 0. The molecular formula is C18H17N3O3. The molecule has 24 heavy (non-hydrogen) atoms. The van der Waals surface area contributed by atoms with Crippen molar-refractivity contribution in [1.29, 1.82) is 0 Å². The molecule has 0 atom stereocenters. The molecule has 6 heteroatoms. The smallest absolute Gasteiger partial charge is 0.262 e. The fourth-order valence-electron chi connectivity index (χ4n) is 2.08. The Bertz CT molecular complexity index is 828. The Morgan fingerprint density at radius 2 is 1.79 bits per heavy atom. The highest BCUT2D eigenvalue weighted by Gasteiger charge is 2.15. The highest BCUT2D eigenvalue weighted by atomic mass is 16.5. The first kappa shape index (κ1) is 15.7. The van der Waals surface area contributed by atoms with Crippen molar-refractivity contribution in [1.82, 2.24) is 15.0 Å². The number of likely N-dealkylation sites (N-methyl/N-ethyl adjacent to an activating group) is 1. The van der Waals surface area contributed by atoms with Gasteiger partial charge in [-0.25, -0.2) is 0 Å². The Balaban J connectivity index is 1.85. The molecule has 122 valence electrons. The summed E-state index contributed by atoms with van der Waals surface area (Å²) in [5.74, 6) is 1.25. The molecule has 0 aliphatic rings. The maximum Gasteiger partial charge on any atom is 0.262 e. The number of ether oxygens (including phenoxy) is 1. The van der Waals surface area contributed by atoms with Crippen molar-refractivity contribution < 1.29 is 14.1 Å². The number of aromatic nitrogens is 2. The van der Waals surface area contributed by atoms with E-state index in [1.165, 1.54) is 4.90 Å². The predicted molar refractivity (Wildman–Crippen MR) is 89.4 cm³/mol. The number of rotatable bonds is 5. The Labute approximate surface area is 139 Å². The Kier molecular flexibility index (Phi) is 4.56. The van der Waals surface area contributed by atoms with Gasteiger partial charge in [0.05, 0.1) is 5.56 Å². The summed E-state index contributed by atoms with van der Waals surface area (Å²) < 4.78 is 11.0. The summed E-state index contributed by atoms with van der Waals surface area (Å²) in [6, 6.07) is 16.8. The Morgan fingerprint density at radius 3 is 2.54 bits per heavy atom. The molecule has 6 nitrogen and oxygen atoms in total. The van der Waals surface area contributed by atoms with Crippen LogP contribution in [0.3, 0.4) is 0 Å². The highest BCUT2D eigenvalue weighted by molar-refractivity contribution is 5.77. The standard InChI is InChI=1S/C18H17N3O3/c1-21(2)16(22)12-23-15-11-7-6-10-14(15)18-19-17(20-24-18)13-8-4-3-5-9-13/h3-11H,12H2,1-2H3. The van der Waals surface area contributed by atoms with Crippen molar-refractivity contribution in [2.45, 2.75) is 0 Å². The van der Waals surface area contributed by atoms with E-state index in [0.29, 0.717) is 23.0 Å². The number of para-hydroxylation sites is 1. The molecule has 2 aromatic carbocycles. The van der Waals surface area contributed by atoms with Crippen LogP contribution in [0.4, 0.5) is 0 Å². The zero-order valence-electron chi connectivity index (χ0n) is 13.5. The van der Waals surface area contributed by atoms with Crippen LogP contribution < -0.4 is 4.74 Å². The fourth-order valence-corrected chi connectivity index (χ4v) is 2.08. The summed E-state index contributed by atoms with van der Waals surface area (Å²) in [6.45, 7) is -0.0519. The van der Waals surface area contributed by atoms with Crippen LogP contribution >= 0.6 is 0 Å². The van der Waals surface area contributed by atoms with Gasteiger partial charge >= 0.3 is 0 Å². The van der Waals surface area contributed by atoms with Gasteiger partial charge in [0.25, 0.3) is 11.8 Å². The third kappa shape index (κ3) is 3.43. The minimum Gasteiger partial charge on any atom is -0.483 e. The fraction of sp³-hybridized carbons (Fsp3) is 0.167. The van der Waals surface area contributed by atoms with Gasteiger partial charge in [-0.1, -0.05) is 47.6 Å². The average Bonchev–Trinajstić information content (AvgIpc) is 3.10. The predicted octanol–water partition coefficient (Wildman–Crippen LogP) is 2.87. The van der Waals surface area contributed by atoms with Crippen molar-refractivity contribution in [3.8, 4) is 28.6 Å². The second kappa shape index (κ2) is 6.95. The van der Waals surface area contributed by atoms with Gasteiger partial charge in [0.15, 0.2) is 6.61 Å². The van der Waals surface area contributed by atoms with Crippen LogP contribution in [0.5, 0.6) is 5.75 Å². The molecule has 3 rings (SSSR count). The number of hydrogen-bond donors (Lipinski definition) is 0. The second-order valence-corrected chi connectivity index (χ2v) is 5.36. The van der Waals surface area contributed by atoms with Crippen molar-refractivity contribution in [2.75, 3.05) is 20.7 Å². The first-order valence-corrected chi connectivity index (χ1v) is 7.46. The summed E-state index contributed by atoms with van der Waals surface area (Å²) in [5, 5.41) is 4.01. The number of benzene rings is 2. The van der Waals surface area contributed by atoms with Crippen LogP contribution in [0.2, 0.25) is 0 Å². The molecule has 0 bridgehead atoms. The highest BCUT2D eigenvalue weighted by Crippen LogP contribution is 2.30. The van der Waals surface area contributed by atoms with E-state index in [-0.39, 0.29) is 12.5 Å². The number of carbonyl (C=O) groups excluding carboxylic acids is 1. The average molecular weight is 323 g/mol. The molecule has 0 aliphatic heterocycles.